The number of aryl methyl sites for hydroxylation is 2. The number of carbonyl (C=O) groups is 1. The first-order valence-corrected chi connectivity index (χ1v) is 11.4. The summed E-state index contributed by atoms with van der Waals surface area (Å²) in [6, 6.07) is 10.9. The third kappa shape index (κ3) is 4.44. The van der Waals surface area contributed by atoms with Crippen molar-refractivity contribution in [3.05, 3.63) is 71.2 Å². The van der Waals surface area contributed by atoms with Crippen molar-refractivity contribution in [1.29, 1.82) is 0 Å². The van der Waals surface area contributed by atoms with Crippen LogP contribution in [0.25, 0.3) is 16.8 Å². The van der Waals surface area contributed by atoms with Crippen molar-refractivity contribution in [2.24, 2.45) is 0 Å². The average molecular weight is 445 g/mol. The molecule has 0 aliphatic carbocycles. The Hall–Kier alpha value is -3.24. The lowest BCUT2D eigenvalue weighted by Gasteiger charge is -2.25. The van der Waals surface area contributed by atoms with Crippen LogP contribution in [0.3, 0.4) is 0 Å². The van der Waals surface area contributed by atoms with Crippen molar-refractivity contribution in [1.82, 2.24) is 19.6 Å². The van der Waals surface area contributed by atoms with Gasteiger partial charge < -0.3 is 9.13 Å². The topological polar surface area (TPSA) is 123 Å². The van der Waals surface area contributed by atoms with Crippen LogP contribution < -0.4 is 11.0 Å². The molecule has 2 heterocycles. The van der Waals surface area contributed by atoms with Crippen LogP contribution in [-0.4, -0.2) is 44.7 Å². The minimum Gasteiger partial charge on any atom is -0.315 e. The molecular weight excluding hydrogens is 420 g/mol. The average Bonchev–Trinajstić information content (AvgIpc) is 3.17. The van der Waals surface area contributed by atoms with Gasteiger partial charge in [0.05, 0.1) is 0 Å². The summed E-state index contributed by atoms with van der Waals surface area (Å²) in [6.45, 7) is 3.12. The van der Waals surface area contributed by atoms with Crippen molar-refractivity contribution in [2.45, 2.75) is 31.6 Å². The van der Waals surface area contributed by atoms with E-state index in [1.165, 1.54) is 23.0 Å². The molecule has 3 aromatic rings. The number of benzene rings is 1. The van der Waals surface area contributed by atoms with Gasteiger partial charge >= 0.3 is 0 Å². The van der Waals surface area contributed by atoms with Gasteiger partial charge in [0, 0.05) is 43.1 Å². The zero-order valence-corrected chi connectivity index (χ0v) is 18.3. The zero-order chi connectivity index (χ0) is 22.8. The highest BCUT2D eigenvalue weighted by molar-refractivity contribution is 7.92. The summed E-state index contributed by atoms with van der Waals surface area (Å²) in [5.41, 5.74) is 3.60. The number of rotatable bonds is 7. The molecule has 0 aliphatic rings. The maximum Gasteiger partial charge on any atom is 0.264 e. The second-order valence-corrected chi connectivity index (χ2v) is 9.98. The van der Waals surface area contributed by atoms with Gasteiger partial charge in [-0.25, -0.2) is 18.9 Å². The zero-order valence-electron chi connectivity index (χ0n) is 17.4. The fourth-order valence-electron chi connectivity index (χ4n) is 3.26. The van der Waals surface area contributed by atoms with E-state index in [1.54, 1.807) is 18.5 Å². The molecule has 1 amide bonds. The third-order valence-electron chi connectivity index (χ3n) is 5.53. The summed E-state index contributed by atoms with van der Waals surface area (Å²) < 4.78 is 25.6. The van der Waals surface area contributed by atoms with E-state index in [1.807, 2.05) is 42.0 Å². The highest BCUT2D eigenvalue weighted by atomic mass is 32.2. The number of aromatic nitrogens is 3. The van der Waals surface area contributed by atoms with E-state index >= 15 is 0 Å². The number of sulfone groups is 1. The first-order chi connectivity index (χ1) is 14.6. The summed E-state index contributed by atoms with van der Waals surface area (Å²) in [5, 5.41) is 8.91. The minimum absolute atomic E-state index is 0.00501. The number of hydrogen-bond acceptors (Lipinski definition) is 6. The molecule has 0 fully saturated rings. The van der Waals surface area contributed by atoms with E-state index in [-0.39, 0.29) is 18.5 Å². The quantitative estimate of drug-likeness (QED) is 0.422. The molecule has 0 spiro atoms. The second kappa shape index (κ2) is 8.48. The van der Waals surface area contributed by atoms with Gasteiger partial charge in [0.2, 0.25) is 0 Å². The molecule has 0 saturated heterocycles. The Morgan fingerprint density at radius 3 is 2.35 bits per heavy atom. The highest BCUT2D eigenvalue weighted by Crippen LogP contribution is 2.23. The standard InChI is InChI=1S/C21H24N4O5S/c1-15-22-10-13-25(15)18-6-4-16(5-7-18)17-8-11-24(19(26)14-17)12-9-21(2,20(27)23-28)31(3,29)30/h4-8,10-11,13-14,28H,9,12H2,1-3H3,(H,23,27). The molecule has 2 N–H and O–H groups in total. The Morgan fingerprint density at radius 1 is 1.16 bits per heavy atom. The molecule has 1 aromatic carbocycles. The molecule has 0 saturated carbocycles. The molecule has 0 aliphatic heterocycles. The van der Waals surface area contributed by atoms with E-state index < -0.39 is 20.5 Å². The van der Waals surface area contributed by atoms with Gasteiger partial charge in [0.1, 0.15) is 5.82 Å². The van der Waals surface area contributed by atoms with E-state index in [2.05, 4.69) is 4.98 Å². The highest BCUT2D eigenvalue weighted by Gasteiger charge is 2.43. The van der Waals surface area contributed by atoms with Gasteiger partial charge in [-0.1, -0.05) is 12.1 Å². The molecule has 1 unspecified atom stereocenters. The van der Waals surface area contributed by atoms with Crippen LogP contribution in [0.4, 0.5) is 0 Å². The molecular formula is C21H24N4O5S. The monoisotopic (exact) mass is 444 g/mol. The lowest BCUT2D eigenvalue weighted by Crippen LogP contribution is -2.49. The normalized spacial score (nSPS) is 13.5. The maximum absolute atomic E-state index is 12.6. The van der Waals surface area contributed by atoms with E-state index in [0.29, 0.717) is 5.56 Å². The van der Waals surface area contributed by atoms with Gasteiger partial charge in [-0.3, -0.25) is 14.8 Å². The lowest BCUT2D eigenvalue weighted by atomic mass is 10.1. The maximum atomic E-state index is 12.6. The summed E-state index contributed by atoms with van der Waals surface area (Å²) >= 11 is 0. The molecule has 164 valence electrons. The predicted molar refractivity (Wildman–Crippen MR) is 116 cm³/mol. The fourth-order valence-corrected chi connectivity index (χ4v) is 4.10. The molecule has 31 heavy (non-hydrogen) atoms. The summed E-state index contributed by atoms with van der Waals surface area (Å²) in [4.78, 5) is 28.7. The Labute approximate surface area is 179 Å². The molecule has 10 heteroatoms. The SMILES string of the molecule is Cc1nccn1-c1ccc(-c2ccn(CCC(C)(C(=O)NO)S(C)(=O)=O)c(=O)c2)cc1. The van der Waals surface area contributed by atoms with Gasteiger partial charge in [0.25, 0.3) is 11.5 Å². The fraction of sp³-hybridized carbons (Fsp3) is 0.286. The van der Waals surface area contributed by atoms with Gasteiger partial charge in [-0.05, 0) is 49.6 Å². The van der Waals surface area contributed by atoms with Crippen LogP contribution in [0.2, 0.25) is 0 Å². The van der Waals surface area contributed by atoms with E-state index in [4.69, 9.17) is 5.21 Å². The van der Waals surface area contributed by atoms with Crippen LogP contribution in [0.5, 0.6) is 0 Å². The van der Waals surface area contributed by atoms with Crippen LogP contribution in [0.1, 0.15) is 19.2 Å². The molecule has 1 atom stereocenters. The Balaban J connectivity index is 1.81. The first-order valence-electron chi connectivity index (χ1n) is 9.52. The van der Waals surface area contributed by atoms with Crippen LogP contribution >= 0.6 is 0 Å². The molecule has 9 nitrogen and oxygen atoms in total. The molecule has 0 bridgehead atoms. The number of imidazole rings is 1. The number of nitrogens with one attached hydrogen (secondary N) is 1. The summed E-state index contributed by atoms with van der Waals surface area (Å²) in [6.07, 6.45) is 5.90. The number of hydroxylamine groups is 1. The van der Waals surface area contributed by atoms with Crippen molar-refractivity contribution >= 4 is 15.7 Å². The second-order valence-electron chi connectivity index (χ2n) is 7.53. The van der Waals surface area contributed by atoms with Gasteiger partial charge in [-0.15, -0.1) is 0 Å². The number of amides is 1. The van der Waals surface area contributed by atoms with Crippen molar-refractivity contribution in [3.8, 4) is 16.8 Å². The Bertz CT molecular complexity index is 1260. The summed E-state index contributed by atoms with van der Waals surface area (Å²) in [7, 11) is -3.83. The number of nitrogens with zero attached hydrogens (tertiary/aromatic N) is 3. The third-order valence-corrected chi connectivity index (χ3v) is 7.56. The van der Waals surface area contributed by atoms with Crippen molar-refractivity contribution in [3.63, 3.8) is 0 Å². The largest absolute Gasteiger partial charge is 0.315 e. The lowest BCUT2D eigenvalue weighted by molar-refractivity contribution is -0.131. The molecule has 0 radical (unpaired) electrons. The molecule has 2 aromatic heterocycles. The summed E-state index contributed by atoms with van der Waals surface area (Å²) in [5.74, 6) is -0.167. The molecule has 3 rings (SSSR count). The Kier molecular flexibility index (Phi) is 6.14. The minimum atomic E-state index is -3.83. The van der Waals surface area contributed by atoms with E-state index in [0.717, 1.165) is 23.3 Å². The van der Waals surface area contributed by atoms with Crippen LogP contribution in [0, 0.1) is 6.92 Å². The van der Waals surface area contributed by atoms with Crippen LogP contribution in [0.15, 0.2) is 59.8 Å². The Morgan fingerprint density at radius 2 is 1.84 bits per heavy atom. The van der Waals surface area contributed by atoms with Crippen molar-refractivity contribution < 1.29 is 18.4 Å². The smallest absolute Gasteiger partial charge is 0.264 e. The predicted octanol–water partition coefficient (Wildman–Crippen LogP) is 1.71. The first kappa shape index (κ1) is 22.4. The van der Waals surface area contributed by atoms with Crippen LogP contribution in [-0.2, 0) is 21.2 Å². The number of hydrogen-bond donors (Lipinski definition) is 2. The van der Waals surface area contributed by atoms with Gasteiger partial charge in [-0.2, -0.15) is 0 Å². The van der Waals surface area contributed by atoms with Crippen molar-refractivity contribution in [2.75, 3.05) is 6.26 Å². The van der Waals surface area contributed by atoms with Gasteiger partial charge in [0.15, 0.2) is 14.6 Å². The van der Waals surface area contributed by atoms with E-state index in [9.17, 15) is 18.0 Å². The number of carbonyl (C=O) groups excluding carboxylic acids is 1. The number of pyridine rings is 1.